The molecule has 0 saturated carbocycles. The van der Waals surface area contributed by atoms with Crippen LogP contribution in [0.15, 0.2) is 6.07 Å². The maximum Gasteiger partial charge on any atom is 0.134 e. The number of aromatic nitrogens is 2. The molecule has 1 rings (SSSR count). The van der Waals surface area contributed by atoms with Gasteiger partial charge in [0.25, 0.3) is 0 Å². The lowest BCUT2D eigenvalue weighted by molar-refractivity contribution is 0.707. The Labute approximate surface area is 95.9 Å². The molecule has 5 heteroatoms. The largest absolute Gasteiger partial charge is 0.384 e. The summed E-state index contributed by atoms with van der Waals surface area (Å²) < 4.78 is 0. The molecule has 0 spiro atoms. The summed E-state index contributed by atoms with van der Waals surface area (Å²) in [5.41, 5.74) is 5.69. The van der Waals surface area contributed by atoms with Gasteiger partial charge >= 0.3 is 0 Å². The fourth-order valence-corrected chi connectivity index (χ4v) is 1.40. The lowest BCUT2D eigenvalue weighted by Crippen LogP contribution is -2.24. The average Bonchev–Trinajstić information content (AvgIpc) is 2.27. The van der Waals surface area contributed by atoms with Crippen molar-refractivity contribution in [1.82, 2.24) is 9.97 Å². The van der Waals surface area contributed by atoms with E-state index < -0.39 is 0 Å². The molecule has 0 bridgehead atoms. The molecule has 5 nitrogen and oxygen atoms in total. The van der Waals surface area contributed by atoms with E-state index in [4.69, 9.17) is 11.0 Å². The van der Waals surface area contributed by atoms with Gasteiger partial charge in [-0.05, 0) is 6.92 Å². The van der Waals surface area contributed by atoms with Crippen LogP contribution in [0.2, 0.25) is 0 Å². The zero-order valence-corrected chi connectivity index (χ0v) is 9.94. The summed E-state index contributed by atoms with van der Waals surface area (Å²) in [6.07, 6.45) is 0.750. The Hall–Kier alpha value is -1.83. The van der Waals surface area contributed by atoms with E-state index in [0.29, 0.717) is 12.4 Å². The Bertz CT molecular complexity index is 396. The van der Waals surface area contributed by atoms with Crippen LogP contribution in [0.25, 0.3) is 0 Å². The zero-order valence-electron chi connectivity index (χ0n) is 9.94. The highest BCUT2D eigenvalue weighted by Gasteiger charge is 2.09. The summed E-state index contributed by atoms with van der Waals surface area (Å²) in [6, 6.07) is 3.92. The van der Waals surface area contributed by atoms with Crippen LogP contribution in [0.1, 0.15) is 19.7 Å². The maximum atomic E-state index is 8.75. The smallest absolute Gasteiger partial charge is 0.134 e. The molecule has 0 amide bonds. The first-order valence-electron chi connectivity index (χ1n) is 5.31. The third kappa shape index (κ3) is 3.09. The Morgan fingerprint density at radius 3 is 2.81 bits per heavy atom. The van der Waals surface area contributed by atoms with Crippen LogP contribution in [0.5, 0.6) is 0 Å². The standard InChI is InChI=1S/C11H17N5/c1-4-10-14-9(13)5-11(15-10)16(3)7-8(2)6-12/h5,8H,4,7H2,1-3H3,(H2,13,14,15). The zero-order chi connectivity index (χ0) is 12.1. The van der Waals surface area contributed by atoms with Gasteiger partial charge in [0.15, 0.2) is 0 Å². The number of hydrogen-bond donors (Lipinski definition) is 1. The molecule has 2 N–H and O–H groups in total. The summed E-state index contributed by atoms with van der Waals surface area (Å²) in [7, 11) is 1.90. The van der Waals surface area contributed by atoms with E-state index in [1.807, 2.05) is 25.8 Å². The van der Waals surface area contributed by atoms with Crippen molar-refractivity contribution in [2.75, 3.05) is 24.2 Å². The molecule has 0 aliphatic rings. The summed E-state index contributed by atoms with van der Waals surface area (Å²) in [5, 5.41) is 8.75. The predicted molar refractivity (Wildman–Crippen MR) is 63.9 cm³/mol. The van der Waals surface area contributed by atoms with Crippen molar-refractivity contribution in [2.45, 2.75) is 20.3 Å². The van der Waals surface area contributed by atoms with Crippen LogP contribution in [0.3, 0.4) is 0 Å². The van der Waals surface area contributed by atoms with Crippen LogP contribution < -0.4 is 10.6 Å². The predicted octanol–water partition coefficient (Wildman–Crippen LogP) is 1.22. The van der Waals surface area contributed by atoms with Crippen molar-refractivity contribution in [3.05, 3.63) is 11.9 Å². The number of anilines is 2. The second kappa shape index (κ2) is 5.31. The SMILES string of the molecule is CCc1nc(N)cc(N(C)CC(C)C#N)n1. The van der Waals surface area contributed by atoms with Gasteiger partial charge < -0.3 is 10.6 Å². The van der Waals surface area contributed by atoms with Crippen molar-refractivity contribution in [1.29, 1.82) is 5.26 Å². The summed E-state index contributed by atoms with van der Waals surface area (Å²) in [6.45, 7) is 4.49. The first kappa shape index (κ1) is 12.2. The van der Waals surface area contributed by atoms with Gasteiger partial charge in [0.1, 0.15) is 17.5 Å². The molecule has 0 radical (unpaired) electrons. The molecule has 0 saturated heterocycles. The van der Waals surface area contributed by atoms with Crippen LogP contribution >= 0.6 is 0 Å². The molecule has 0 aliphatic carbocycles. The van der Waals surface area contributed by atoms with Crippen molar-refractivity contribution in [2.24, 2.45) is 5.92 Å². The molecule has 1 heterocycles. The Morgan fingerprint density at radius 2 is 2.25 bits per heavy atom. The van der Waals surface area contributed by atoms with Gasteiger partial charge in [-0.1, -0.05) is 6.92 Å². The van der Waals surface area contributed by atoms with Gasteiger partial charge in [0.2, 0.25) is 0 Å². The number of aryl methyl sites for hydroxylation is 1. The number of nitriles is 1. The van der Waals surface area contributed by atoms with Crippen molar-refractivity contribution in [3.63, 3.8) is 0 Å². The molecule has 1 aromatic rings. The first-order valence-corrected chi connectivity index (χ1v) is 5.31. The highest BCUT2D eigenvalue weighted by molar-refractivity contribution is 5.46. The molecule has 0 aromatic carbocycles. The minimum absolute atomic E-state index is 0.0359. The van der Waals surface area contributed by atoms with Gasteiger partial charge in [-0.25, -0.2) is 9.97 Å². The third-order valence-corrected chi connectivity index (χ3v) is 2.25. The van der Waals surface area contributed by atoms with Gasteiger partial charge in [0.05, 0.1) is 12.0 Å². The molecular weight excluding hydrogens is 202 g/mol. The van der Waals surface area contributed by atoms with Crippen LogP contribution in [0, 0.1) is 17.2 Å². The molecule has 0 fully saturated rings. The number of hydrogen-bond acceptors (Lipinski definition) is 5. The van der Waals surface area contributed by atoms with Gasteiger partial charge in [0, 0.05) is 26.1 Å². The molecule has 1 atom stereocenters. The van der Waals surface area contributed by atoms with Crippen LogP contribution in [-0.4, -0.2) is 23.6 Å². The lowest BCUT2D eigenvalue weighted by atomic mass is 10.2. The van der Waals surface area contributed by atoms with Gasteiger partial charge in [-0.2, -0.15) is 5.26 Å². The molecule has 1 aromatic heterocycles. The minimum atomic E-state index is -0.0359. The number of nitrogens with zero attached hydrogens (tertiary/aromatic N) is 4. The summed E-state index contributed by atoms with van der Waals surface area (Å²) in [5.74, 6) is 1.93. The van der Waals surface area contributed by atoms with E-state index in [1.165, 1.54) is 0 Å². The quantitative estimate of drug-likeness (QED) is 0.823. The molecular formula is C11H17N5. The van der Waals surface area contributed by atoms with Crippen molar-refractivity contribution in [3.8, 4) is 6.07 Å². The number of nitrogens with two attached hydrogens (primary N) is 1. The van der Waals surface area contributed by atoms with E-state index in [0.717, 1.165) is 18.1 Å². The van der Waals surface area contributed by atoms with Crippen molar-refractivity contribution >= 4 is 11.6 Å². The fourth-order valence-electron chi connectivity index (χ4n) is 1.40. The topological polar surface area (TPSA) is 78.8 Å². The van der Waals surface area contributed by atoms with E-state index in [2.05, 4.69) is 16.0 Å². The normalized spacial score (nSPS) is 11.9. The molecule has 0 aliphatic heterocycles. The Balaban J connectivity index is 2.87. The molecule has 1 unspecified atom stereocenters. The van der Waals surface area contributed by atoms with Crippen molar-refractivity contribution < 1.29 is 0 Å². The van der Waals surface area contributed by atoms with E-state index in [1.54, 1.807) is 6.07 Å². The lowest BCUT2D eigenvalue weighted by Gasteiger charge is -2.19. The first-order chi connectivity index (χ1) is 7.56. The van der Waals surface area contributed by atoms with Crippen LogP contribution in [0.4, 0.5) is 11.6 Å². The van der Waals surface area contributed by atoms with Gasteiger partial charge in [-0.15, -0.1) is 0 Å². The van der Waals surface area contributed by atoms with E-state index >= 15 is 0 Å². The Kier molecular flexibility index (Phi) is 4.06. The third-order valence-electron chi connectivity index (χ3n) is 2.25. The highest BCUT2D eigenvalue weighted by atomic mass is 15.2. The maximum absolute atomic E-state index is 8.75. The minimum Gasteiger partial charge on any atom is -0.384 e. The Morgan fingerprint density at radius 1 is 1.56 bits per heavy atom. The highest BCUT2D eigenvalue weighted by Crippen LogP contribution is 2.14. The van der Waals surface area contributed by atoms with Crippen LogP contribution in [-0.2, 0) is 6.42 Å². The molecule has 16 heavy (non-hydrogen) atoms. The van der Waals surface area contributed by atoms with E-state index in [-0.39, 0.29) is 5.92 Å². The summed E-state index contributed by atoms with van der Waals surface area (Å²) >= 11 is 0. The number of nitrogen functional groups attached to an aromatic ring is 1. The number of rotatable bonds is 4. The summed E-state index contributed by atoms with van der Waals surface area (Å²) in [4.78, 5) is 10.4. The van der Waals surface area contributed by atoms with E-state index in [9.17, 15) is 0 Å². The fraction of sp³-hybridized carbons (Fsp3) is 0.545. The second-order valence-electron chi connectivity index (χ2n) is 3.83. The monoisotopic (exact) mass is 219 g/mol. The molecule has 86 valence electrons. The average molecular weight is 219 g/mol. The van der Waals surface area contributed by atoms with Gasteiger partial charge in [-0.3, -0.25) is 0 Å². The second-order valence-corrected chi connectivity index (χ2v) is 3.83.